The van der Waals surface area contributed by atoms with E-state index in [9.17, 15) is 9.59 Å². The molecule has 0 aliphatic carbocycles. The highest BCUT2D eigenvalue weighted by molar-refractivity contribution is 8.00. The number of nitrogens with zero attached hydrogens (tertiary/aromatic N) is 1. The fourth-order valence-corrected chi connectivity index (χ4v) is 2.90. The van der Waals surface area contributed by atoms with E-state index < -0.39 is 0 Å². The van der Waals surface area contributed by atoms with Crippen LogP contribution in [0.1, 0.15) is 15.9 Å². The van der Waals surface area contributed by atoms with E-state index in [1.807, 2.05) is 12.1 Å². The van der Waals surface area contributed by atoms with Gasteiger partial charge in [0.1, 0.15) is 0 Å². The lowest BCUT2D eigenvalue weighted by Gasteiger charge is -2.09. The van der Waals surface area contributed by atoms with Crippen molar-refractivity contribution in [3.63, 3.8) is 0 Å². The van der Waals surface area contributed by atoms with Crippen LogP contribution in [0.4, 0.5) is 5.69 Å². The zero-order valence-corrected chi connectivity index (χ0v) is 14.3. The Hall–Kier alpha value is -3.04. The number of nitrogens with one attached hydrogen (secondary N) is 2. The maximum atomic E-state index is 12.1. The Morgan fingerprint density at radius 3 is 2.76 bits per heavy atom. The van der Waals surface area contributed by atoms with E-state index in [2.05, 4.69) is 17.2 Å². The highest BCUT2D eigenvalue weighted by atomic mass is 32.2. The summed E-state index contributed by atoms with van der Waals surface area (Å²) < 4.78 is 0. The molecule has 0 fully saturated rings. The van der Waals surface area contributed by atoms with Crippen molar-refractivity contribution < 1.29 is 9.59 Å². The molecule has 0 saturated heterocycles. The normalized spacial score (nSPS) is 9.72. The van der Waals surface area contributed by atoms with Gasteiger partial charge in [0.05, 0.1) is 22.9 Å². The van der Waals surface area contributed by atoms with Gasteiger partial charge < -0.3 is 10.6 Å². The first-order valence-electron chi connectivity index (χ1n) is 7.55. The molecule has 0 aliphatic rings. The molecule has 0 heterocycles. The van der Waals surface area contributed by atoms with Gasteiger partial charge in [-0.1, -0.05) is 24.3 Å². The quantitative estimate of drug-likeness (QED) is 0.593. The van der Waals surface area contributed by atoms with E-state index in [0.717, 1.165) is 4.90 Å². The third kappa shape index (κ3) is 5.52. The van der Waals surface area contributed by atoms with Crippen LogP contribution in [0.3, 0.4) is 0 Å². The number of anilines is 1. The molecule has 6 heteroatoms. The van der Waals surface area contributed by atoms with Crippen molar-refractivity contribution in [2.24, 2.45) is 0 Å². The van der Waals surface area contributed by atoms with Crippen molar-refractivity contribution in [1.29, 1.82) is 5.26 Å². The van der Waals surface area contributed by atoms with Crippen LogP contribution in [0.25, 0.3) is 0 Å². The Balaban J connectivity index is 1.99. The smallest absolute Gasteiger partial charge is 0.252 e. The summed E-state index contributed by atoms with van der Waals surface area (Å²) in [5.74, 6) is -0.255. The van der Waals surface area contributed by atoms with E-state index in [1.54, 1.807) is 48.5 Å². The van der Waals surface area contributed by atoms with Gasteiger partial charge in [-0.25, -0.2) is 0 Å². The molecule has 0 unspecified atom stereocenters. The Kier molecular flexibility index (Phi) is 6.81. The van der Waals surface area contributed by atoms with Gasteiger partial charge in [0, 0.05) is 17.1 Å². The van der Waals surface area contributed by atoms with Crippen LogP contribution in [-0.4, -0.2) is 24.1 Å². The Bertz CT molecular complexity index is 827. The molecule has 126 valence electrons. The monoisotopic (exact) mass is 351 g/mol. The minimum absolute atomic E-state index is 0.155. The molecule has 2 aromatic carbocycles. The number of rotatable bonds is 7. The van der Waals surface area contributed by atoms with E-state index in [-0.39, 0.29) is 17.6 Å². The number of carbonyl (C=O) groups is 2. The summed E-state index contributed by atoms with van der Waals surface area (Å²) in [6.07, 6.45) is 1.61. The molecule has 25 heavy (non-hydrogen) atoms. The van der Waals surface area contributed by atoms with Gasteiger partial charge in [-0.05, 0) is 30.3 Å². The number of benzene rings is 2. The molecular weight excluding hydrogens is 334 g/mol. The molecule has 0 saturated carbocycles. The van der Waals surface area contributed by atoms with Crippen molar-refractivity contribution in [3.8, 4) is 6.07 Å². The van der Waals surface area contributed by atoms with Gasteiger partial charge in [0.2, 0.25) is 5.91 Å². The largest absolute Gasteiger partial charge is 0.349 e. The van der Waals surface area contributed by atoms with Gasteiger partial charge in [-0.2, -0.15) is 5.26 Å². The molecule has 2 aromatic rings. The summed E-state index contributed by atoms with van der Waals surface area (Å²) in [5.41, 5.74) is 1.57. The molecule has 0 spiro atoms. The first-order chi connectivity index (χ1) is 12.1. The van der Waals surface area contributed by atoms with Gasteiger partial charge in [0.25, 0.3) is 5.91 Å². The van der Waals surface area contributed by atoms with Crippen LogP contribution < -0.4 is 10.6 Å². The molecule has 0 bridgehead atoms. The first kappa shape index (κ1) is 18.3. The third-order valence-electron chi connectivity index (χ3n) is 3.17. The number of amides is 2. The van der Waals surface area contributed by atoms with E-state index in [1.165, 1.54) is 11.8 Å². The molecule has 0 radical (unpaired) electrons. The first-order valence-corrected chi connectivity index (χ1v) is 8.53. The number of hydrogen-bond donors (Lipinski definition) is 2. The highest BCUT2D eigenvalue weighted by Crippen LogP contribution is 2.23. The van der Waals surface area contributed by atoms with E-state index in [0.29, 0.717) is 23.4 Å². The van der Waals surface area contributed by atoms with Crippen LogP contribution >= 0.6 is 11.8 Å². The van der Waals surface area contributed by atoms with E-state index in [4.69, 9.17) is 5.26 Å². The van der Waals surface area contributed by atoms with Gasteiger partial charge >= 0.3 is 0 Å². The number of carbonyl (C=O) groups excluding carboxylic acids is 2. The summed E-state index contributed by atoms with van der Waals surface area (Å²) in [4.78, 5) is 25.0. The van der Waals surface area contributed by atoms with Gasteiger partial charge in [-0.3, -0.25) is 9.59 Å². The van der Waals surface area contributed by atoms with Crippen LogP contribution in [0.2, 0.25) is 0 Å². The average molecular weight is 351 g/mol. The fourth-order valence-electron chi connectivity index (χ4n) is 2.05. The van der Waals surface area contributed by atoms with Crippen molar-refractivity contribution in [3.05, 3.63) is 72.3 Å². The second-order valence-corrected chi connectivity index (χ2v) is 6.04. The maximum Gasteiger partial charge on any atom is 0.252 e. The standard InChI is InChI=1S/C19H17N3O2S/c1-2-10-21-19(24)16-8-3-4-9-17(16)25-13-18(23)22-15-7-5-6-14(11-15)12-20/h2-9,11H,1,10,13H2,(H,21,24)(H,22,23). The Morgan fingerprint density at radius 1 is 1.20 bits per heavy atom. The van der Waals surface area contributed by atoms with Gasteiger partial charge in [-0.15, -0.1) is 18.3 Å². The lowest BCUT2D eigenvalue weighted by atomic mass is 10.2. The van der Waals surface area contributed by atoms with Crippen molar-refractivity contribution >= 4 is 29.3 Å². The van der Waals surface area contributed by atoms with Crippen molar-refractivity contribution in [2.45, 2.75) is 4.90 Å². The highest BCUT2D eigenvalue weighted by Gasteiger charge is 2.12. The minimum Gasteiger partial charge on any atom is -0.349 e. The minimum atomic E-state index is -0.207. The predicted octanol–water partition coefficient (Wildman–Crippen LogP) is 3.20. The summed E-state index contributed by atoms with van der Waals surface area (Å²) >= 11 is 1.28. The average Bonchev–Trinajstić information content (AvgIpc) is 2.64. The van der Waals surface area contributed by atoms with Crippen LogP contribution in [-0.2, 0) is 4.79 Å². The topological polar surface area (TPSA) is 82.0 Å². The SMILES string of the molecule is C=CCNC(=O)c1ccccc1SCC(=O)Nc1cccc(C#N)c1. The molecule has 2 rings (SSSR count). The molecule has 0 atom stereocenters. The van der Waals surface area contributed by atoms with Crippen molar-refractivity contribution in [1.82, 2.24) is 5.32 Å². The molecule has 0 aliphatic heterocycles. The summed E-state index contributed by atoms with van der Waals surface area (Å²) in [6.45, 7) is 3.95. The van der Waals surface area contributed by atoms with Crippen LogP contribution in [0.5, 0.6) is 0 Å². The van der Waals surface area contributed by atoms with Crippen molar-refractivity contribution in [2.75, 3.05) is 17.6 Å². The zero-order valence-electron chi connectivity index (χ0n) is 13.5. The second-order valence-electron chi connectivity index (χ2n) is 5.02. The molecule has 2 amide bonds. The molecule has 5 nitrogen and oxygen atoms in total. The lowest BCUT2D eigenvalue weighted by Crippen LogP contribution is -2.24. The van der Waals surface area contributed by atoms with Gasteiger partial charge in [0.15, 0.2) is 0 Å². The lowest BCUT2D eigenvalue weighted by molar-refractivity contribution is -0.113. The third-order valence-corrected chi connectivity index (χ3v) is 4.25. The fraction of sp³-hybridized carbons (Fsp3) is 0.105. The number of nitriles is 1. The summed E-state index contributed by atoms with van der Waals surface area (Å²) in [6, 6.07) is 15.9. The molecule has 2 N–H and O–H groups in total. The predicted molar refractivity (Wildman–Crippen MR) is 99.5 cm³/mol. The molecule has 0 aromatic heterocycles. The zero-order chi connectivity index (χ0) is 18.1. The Morgan fingerprint density at radius 2 is 2.00 bits per heavy atom. The van der Waals surface area contributed by atoms with Crippen LogP contribution in [0.15, 0.2) is 66.1 Å². The maximum absolute atomic E-state index is 12.1. The Labute approximate surface area is 150 Å². The van der Waals surface area contributed by atoms with E-state index >= 15 is 0 Å². The number of hydrogen-bond acceptors (Lipinski definition) is 4. The second kappa shape index (κ2) is 9.30. The number of thioether (sulfide) groups is 1. The molecular formula is C19H17N3O2S. The summed E-state index contributed by atoms with van der Waals surface area (Å²) in [7, 11) is 0. The summed E-state index contributed by atoms with van der Waals surface area (Å²) in [5, 5.41) is 14.4. The van der Waals surface area contributed by atoms with Crippen LogP contribution in [0, 0.1) is 11.3 Å².